The molecule has 0 saturated carbocycles. The van der Waals surface area contributed by atoms with Crippen molar-refractivity contribution < 1.29 is 14.3 Å². The van der Waals surface area contributed by atoms with Crippen molar-refractivity contribution >= 4 is 25.3 Å². The van der Waals surface area contributed by atoms with Crippen LogP contribution in [0.2, 0.25) is 18.6 Å². The van der Waals surface area contributed by atoms with E-state index in [0.29, 0.717) is 25.1 Å². The molecular weight excluding hydrogens is 306 g/mol. The van der Waals surface area contributed by atoms with Crippen molar-refractivity contribution in [2.24, 2.45) is 0 Å². The molecule has 0 N–H and O–H groups in total. The first-order valence-electron chi connectivity index (χ1n) is 8.49. The Morgan fingerprint density at radius 1 is 1.30 bits per heavy atom. The summed E-state index contributed by atoms with van der Waals surface area (Å²) in [5, 5.41) is 1.37. The van der Waals surface area contributed by atoms with E-state index in [-0.39, 0.29) is 5.91 Å². The molecule has 1 aliphatic heterocycles. The second-order valence-electron chi connectivity index (χ2n) is 6.79. The summed E-state index contributed by atoms with van der Waals surface area (Å²) in [6.07, 6.45) is 3.24. The van der Waals surface area contributed by atoms with Crippen LogP contribution in [0, 0.1) is 0 Å². The van der Waals surface area contributed by atoms with Crippen LogP contribution in [0.25, 0.3) is 0 Å². The molecule has 0 bridgehead atoms. The van der Waals surface area contributed by atoms with Gasteiger partial charge in [-0.1, -0.05) is 74.8 Å². The Kier molecular flexibility index (Phi) is 5.99. The van der Waals surface area contributed by atoms with Gasteiger partial charge in [0.1, 0.15) is 6.61 Å². The largest absolute Gasteiger partial charge is 0.447 e. The Morgan fingerprint density at radius 3 is 2.57 bits per heavy atom. The Labute approximate surface area is 139 Å². The number of hydrogen-bond acceptors (Lipinski definition) is 3. The number of rotatable bonds is 7. The Balaban J connectivity index is 2.15. The zero-order chi connectivity index (χ0) is 16.9. The number of imide groups is 1. The van der Waals surface area contributed by atoms with Gasteiger partial charge in [0, 0.05) is 6.42 Å². The van der Waals surface area contributed by atoms with Crippen LogP contribution >= 0.6 is 0 Å². The Bertz CT molecular complexity index is 544. The Morgan fingerprint density at radius 2 is 2.00 bits per heavy atom. The molecule has 1 fully saturated rings. The fourth-order valence-electron chi connectivity index (χ4n) is 3.21. The van der Waals surface area contributed by atoms with Crippen molar-refractivity contribution in [3.05, 3.63) is 30.3 Å². The minimum Gasteiger partial charge on any atom is -0.447 e. The fraction of sp³-hybridized carbons (Fsp3) is 0.556. The molecule has 1 aliphatic rings. The average Bonchev–Trinajstić information content (AvgIpc) is 2.98. The first-order chi connectivity index (χ1) is 11.0. The molecule has 1 saturated heterocycles. The lowest BCUT2D eigenvalue weighted by Crippen LogP contribution is -2.47. The van der Waals surface area contributed by atoms with E-state index < -0.39 is 14.2 Å². The predicted octanol–water partition coefficient (Wildman–Crippen LogP) is 3.53. The molecule has 1 aromatic carbocycles. The number of carbonyl (C=O) groups is 2. The van der Waals surface area contributed by atoms with E-state index in [4.69, 9.17) is 4.74 Å². The van der Waals surface area contributed by atoms with Crippen LogP contribution in [0.15, 0.2) is 30.3 Å². The molecule has 1 atom stereocenters. The third-order valence-corrected chi connectivity index (χ3v) is 9.28. The first kappa shape index (κ1) is 17.7. The summed E-state index contributed by atoms with van der Waals surface area (Å²) in [6.45, 7) is 7.56. The molecule has 0 aliphatic carbocycles. The topological polar surface area (TPSA) is 46.6 Å². The van der Waals surface area contributed by atoms with Gasteiger partial charge in [0.05, 0.1) is 14.6 Å². The van der Waals surface area contributed by atoms with Gasteiger partial charge in [-0.15, -0.1) is 0 Å². The summed E-state index contributed by atoms with van der Waals surface area (Å²) in [6, 6.07) is 10.5. The third-order valence-electron chi connectivity index (χ3n) is 4.93. The van der Waals surface area contributed by atoms with E-state index in [2.05, 4.69) is 44.3 Å². The Hall–Kier alpha value is -1.62. The predicted molar refractivity (Wildman–Crippen MR) is 94.5 cm³/mol. The first-order valence-corrected chi connectivity index (χ1v) is 11.6. The van der Waals surface area contributed by atoms with Crippen molar-refractivity contribution in [3.8, 4) is 0 Å². The zero-order valence-corrected chi connectivity index (χ0v) is 15.4. The number of benzene rings is 1. The van der Waals surface area contributed by atoms with Gasteiger partial charge in [0.25, 0.3) is 0 Å². The highest BCUT2D eigenvalue weighted by atomic mass is 28.3. The third kappa shape index (κ3) is 4.22. The molecule has 4 nitrogen and oxygen atoms in total. The molecule has 0 unspecified atom stereocenters. The van der Waals surface area contributed by atoms with Crippen LogP contribution < -0.4 is 5.19 Å². The van der Waals surface area contributed by atoms with Gasteiger partial charge in [0.15, 0.2) is 0 Å². The molecular formula is C18H27NO3Si. The summed E-state index contributed by atoms with van der Waals surface area (Å²) in [7, 11) is -1.78. The maximum atomic E-state index is 12.6. The SMILES string of the molecule is CCCC[C@H](CC(=O)N1CCOC1=O)[Si](C)(C)c1ccccc1. The van der Waals surface area contributed by atoms with Gasteiger partial charge < -0.3 is 4.74 Å². The highest BCUT2D eigenvalue weighted by molar-refractivity contribution is 6.91. The summed E-state index contributed by atoms with van der Waals surface area (Å²) in [4.78, 5) is 25.5. The highest BCUT2D eigenvalue weighted by Gasteiger charge is 2.37. The van der Waals surface area contributed by atoms with E-state index in [1.165, 1.54) is 10.1 Å². The minimum absolute atomic E-state index is 0.0786. The van der Waals surface area contributed by atoms with Crippen molar-refractivity contribution in [2.45, 2.75) is 51.2 Å². The lowest BCUT2D eigenvalue weighted by atomic mass is 10.1. The summed E-state index contributed by atoms with van der Waals surface area (Å²) < 4.78 is 4.90. The van der Waals surface area contributed by atoms with Crippen molar-refractivity contribution in [2.75, 3.05) is 13.2 Å². The number of hydrogen-bond donors (Lipinski definition) is 0. The number of unbranched alkanes of at least 4 members (excludes halogenated alkanes) is 1. The van der Waals surface area contributed by atoms with E-state index in [1.54, 1.807) is 0 Å². The van der Waals surface area contributed by atoms with Crippen LogP contribution in [0.3, 0.4) is 0 Å². The van der Waals surface area contributed by atoms with Gasteiger partial charge in [0.2, 0.25) is 5.91 Å². The molecule has 1 aromatic rings. The van der Waals surface area contributed by atoms with Gasteiger partial charge >= 0.3 is 6.09 Å². The van der Waals surface area contributed by atoms with E-state index in [9.17, 15) is 9.59 Å². The van der Waals surface area contributed by atoms with Crippen LogP contribution in [-0.2, 0) is 9.53 Å². The monoisotopic (exact) mass is 333 g/mol. The van der Waals surface area contributed by atoms with Gasteiger partial charge in [-0.25, -0.2) is 9.69 Å². The van der Waals surface area contributed by atoms with Gasteiger partial charge in [-0.3, -0.25) is 4.79 Å². The van der Waals surface area contributed by atoms with Crippen LogP contribution in [0.1, 0.15) is 32.6 Å². The second-order valence-corrected chi connectivity index (χ2v) is 11.6. The highest BCUT2D eigenvalue weighted by Crippen LogP contribution is 2.32. The number of carbonyl (C=O) groups excluding carboxylic acids is 2. The quantitative estimate of drug-likeness (QED) is 0.717. The molecule has 126 valence electrons. The van der Waals surface area contributed by atoms with Gasteiger partial charge in [-0.05, 0) is 5.54 Å². The summed E-state index contributed by atoms with van der Waals surface area (Å²) in [5.41, 5.74) is 0.339. The number of cyclic esters (lactones) is 1. The maximum absolute atomic E-state index is 12.6. The molecule has 5 heteroatoms. The lowest BCUT2D eigenvalue weighted by Gasteiger charge is -2.33. The van der Waals surface area contributed by atoms with Gasteiger partial charge in [-0.2, -0.15) is 0 Å². The van der Waals surface area contributed by atoms with E-state index in [1.807, 2.05) is 6.07 Å². The molecule has 0 aromatic heterocycles. The maximum Gasteiger partial charge on any atom is 0.416 e. The molecule has 2 amide bonds. The normalized spacial score (nSPS) is 16.3. The number of ether oxygens (including phenoxy) is 1. The van der Waals surface area contributed by atoms with Crippen molar-refractivity contribution in [3.63, 3.8) is 0 Å². The van der Waals surface area contributed by atoms with Crippen molar-refractivity contribution in [1.29, 1.82) is 0 Å². The fourth-order valence-corrected chi connectivity index (χ4v) is 6.35. The van der Waals surface area contributed by atoms with Crippen LogP contribution in [-0.4, -0.2) is 38.1 Å². The molecule has 1 heterocycles. The second kappa shape index (κ2) is 7.77. The van der Waals surface area contributed by atoms with Crippen LogP contribution in [0.5, 0.6) is 0 Å². The molecule has 0 radical (unpaired) electrons. The minimum atomic E-state index is -1.78. The van der Waals surface area contributed by atoms with E-state index in [0.717, 1.165) is 19.3 Å². The summed E-state index contributed by atoms with van der Waals surface area (Å²) in [5.74, 6) is -0.0786. The number of nitrogens with zero attached hydrogens (tertiary/aromatic N) is 1. The zero-order valence-electron chi connectivity index (χ0n) is 14.4. The molecule has 0 spiro atoms. The molecule has 23 heavy (non-hydrogen) atoms. The van der Waals surface area contributed by atoms with Crippen LogP contribution in [0.4, 0.5) is 4.79 Å². The standard InChI is InChI=1S/C18H27NO3Si/c1-4-5-9-16(14-17(20)19-12-13-22-18(19)21)23(2,3)15-10-7-6-8-11-15/h6-8,10-11,16H,4-5,9,12-14H2,1-3H3/t16-/m1/s1. The van der Waals surface area contributed by atoms with E-state index >= 15 is 0 Å². The molecule has 2 rings (SSSR count). The lowest BCUT2D eigenvalue weighted by molar-refractivity contribution is -0.127. The number of amides is 2. The smallest absolute Gasteiger partial charge is 0.416 e. The average molecular weight is 334 g/mol. The van der Waals surface area contributed by atoms with Crippen molar-refractivity contribution in [1.82, 2.24) is 4.90 Å². The summed E-state index contributed by atoms with van der Waals surface area (Å²) >= 11 is 0.